The zero-order valence-corrected chi connectivity index (χ0v) is 17.2. The number of methoxy groups -OCH3 is 2. The van der Waals surface area contributed by atoms with Gasteiger partial charge in [-0.05, 0) is 54.2 Å². The van der Waals surface area contributed by atoms with Crippen LogP contribution in [0.4, 0.5) is 0 Å². The molecule has 1 saturated carbocycles. The van der Waals surface area contributed by atoms with Gasteiger partial charge in [0.25, 0.3) is 0 Å². The van der Waals surface area contributed by atoms with Crippen molar-refractivity contribution in [2.24, 2.45) is 11.7 Å². The summed E-state index contributed by atoms with van der Waals surface area (Å²) in [5, 5.41) is 3.19. The summed E-state index contributed by atoms with van der Waals surface area (Å²) in [4.78, 5) is 12.8. The van der Waals surface area contributed by atoms with Crippen molar-refractivity contribution in [2.75, 3.05) is 14.2 Å². The Hall–Kier alpha value is -2.24. The summed E-state index contributed by atoms with van der Waals surface area (Å²) < 4.78 is 10.7. The molecule has 3 rings (SSSR count). The molecule has 0 aromatic heterocycles. The molecule has 0 radical (unpaired) electrons. The molecule has 2 aromatic rings. The lowest BCUT2D eigenvalue weighted by Crippen LogP contribution is -2.34. The summed E-state index contributed by atoms with van der Waals surface area (Å²) in [6, 6.07) is 15.4. The molecule has 3 N–H and O–H groups in total. The van der Waals surface area contributed by atoms with E-state index < -0.39 is 0 Å². The van der Waals surface area contributed by atoms with Gasteiger partial charge in [0.2, 0.25) is 5.91 Å². The highest BCUT2D eigenvalue weighted by Gasteiger charge is 2.27. The topological polar surface area (TPSA) is 73.6 Å². The first-order valence-corrected chi connectivity index (χ1v) is 9.43. The van der Waals surface area contributed by atoms with Gasteiger partial charge >= 0.3 is 0 Å². The van der Waals surface area contributed by atoms with E-state index in [-0.39, 0.29) is 36.3 Å². The van der Waals surface area contributed by atoms with Crippen molar-refractivity contribution in [1.29, 1.82) is 0 Å². The van der Waals surface area contributed by atoms with Crippen LogP contribution in [0.5, 0.6) is 11.5 Å². The molecule has 0 unspecified atom stereocenters. The van der Waals surface area contributed by atoms with Crippen molar-refractivity contribution in [3.05, 3.63) is 59.7 Å². The normalized spacial score (nSPS) is 18.4. The van der Waals surface area contributed by atoms with Crippen molar-refractivity contribution in [3.8, 4) is 11.5 Å². The lowest BCUT2D eigenvalue weighted by atomic mass is 9.96. The average Bonchev–Trinajstić information content (AvgIpc) is 3.10. The highest BCUT2D eigenvalue weighted by molar-refractivity contribution is 5.85. The zero-order chi connectivity index (χ0) is 19.2. The van der Waals surface area contributed by atoms with E-state index >= 15 is 0 Å². The maximum absolute atomic E-state index is 12.8. The van der Waals surface area contributed by atoms with Crippen LogP contribution in [0.25, 0.3) is 0 Å². The van der Waals surface area contributed by atoms with E-state index in [1.54, 1.807) is 14.2 Å². The van der Waals surface area contributed by atoms with Crippen LogP contribution in [0.1, 0.15) is 42.9 Å². The van der Waals surface area contributed by atoms with E-state index in [1.165, 1.54) is 0 Å². The Morgan fingerprint density at radius 3 is 2.11 bits per heavy atom. The molecular formula is C22H29ClN2O3. The van der Waals surface area contributed by atoms with E-state index in [4.69, 9.17) is 15.2 Å². The van der Waals surface area contributed by atoms with Gasteiger partial charge in [0.1, 0.15) is 11.5 Å². The first-order valence-electron chi connectivity index (χ1n) is 9.43. The van der Waals surface area contributed by atoms with Gasteiger partial charge in [-0.1, -0.05) is 30.7 Å². The second kappa shape index (κ2) is 10.3. The molecule has 1 aliphatic carbocycles. The van der Waals surface area contributed by atoms with Crippen LogP contribution in [-0.4, -0.2) is 26.2 Å². The molecular weight excluding hydrogens is 376 g/mol. The number of hydrogen-bond acceptors (Lipinski definition) is 4. The van der Waals surface area contributed by atoms with Crippen LogP contribution >= 0.6 is 12.4 Å². The molecule has 2 aromatic carbocycles. The number of hydrogen-bond donors (Lipinski definition) is 2. The first-order chi connectivity index (χ1) is 13.1. The Labute approximate surface area is 173 Å². The number of nitrogens with two attached hydrogens (primary N) is 1. The molecule has 1 aliphatic rings. The van der Waals surface area contributed by atoms with Gasteiger partial charge in [-0.3, -0.25) is 4.79 Å². The molecule has 0 bridgehead atoms. The average molecular weight is 405 g/mol. The van der Waals surface area contributed by atoms with E-state index in [9.17, 15) is 4.79 Å². The van der Waals surface area contributed by atoms with E-state index in [0.717, 1.165) is 41.9 Å². The summed E-state index contributed by atoms with van der Waals surface area (Å²) in [6.45, 7) is 0. The predicted octanol–water partition coefficient (Wildman–Crippen LogP) is 3.85. The van der Waals surface area contributed by atoms with Crippen LogP contribution in [0.15, 0.2) is 48.5 Å². The third kappa shape index (κ3) is 5.40. The molecule has 1 amide bonds. The second-order valence-electron chi connectivity index (χ2n) is 7.11. The smallest absolute Gasteiger partial charge is 0.221 e. The van der Waals surface area contributed by atoms with E-state index in [1.807, 2.05) is 48.5 Å². The molecule has 0 aliphatic heterocycles. The zero-order valence-electron chi connectivity index (χ0n) is 16.4. The maximum Gasteiger partial charge on any atom is 0.221 e. The van der Waals surface area contributed by atoms with E-state index in [0.29, 0.717) is 6.42 Å². The standard InChI is InChI=1S/C22H28N2O3.ClH/c1-26-18-9-3-7-16(12-18)22(17-8-4-10-19(13-17)27-2)24-21(25)14-15-6-5-11-20(15)23;/h3-4,7-10,12-13,15,20,22H,5-6,11,14,23H2,1-2H3,(H,24,25);1H/t15-,20+;/m0./s1. The number of ether oxygens (including phenoxy) is 2. The summed E-state index contributed by atoms with van der Waals surface area (Å²) in [7, 11) is 3.28. The molecule has 0 heterocycles. The second-order valence-corrected chi connectivity index (χ2v) is 7.11. The minimum Gasteiger partial charge on any atom is -0.497 e. The highest BCUT2D eigenvalue weighted by Crippen LogP contribution is 2.30. The van der Waals surface area contributed by atoms with Gasteiger partial charge in [0.15, 0.2) is 0 Å². The Morgan fingerprint density at radius 1 is 1.07 bits per heavy atom. The van der Waals surface area contributed by atoms with Gasteiger partial charge in [-0.15, -0.1) is 12.4 Å². The van der Waals surface area contributed by atoms with Gasteiger partial charge in [-0.2, -0.15) is 0 Å². The number of rotatable bonds is 7. The number of benzene rings is 2. The SMILES string of the molecule is COc1cccc(C(NC(=O)C[C@@H]2CCC[C@H]2N)c2cccc(OC)c2)c1.Cl. The minimum atomic E-state index is -0.277. The van der Waals surface area contributed by atoms with Gasteiger partial charge in [-0.25, -0.2) is 0 Å². The molecule has 2 atom stereocenters. The van der Waals surface area contributed by atoms with Crippen LogP contribution in [0.3, 0.4) is 0 Å². The molecule has 1 fully saturated rings. The summed E-state index contributed by atoms with van der Waals surface area (Å²) in [5.41, 5.74) is 8.07. The number of halogens is 1. The van der Waals surface area contributed by atoms with Crippen molar-refractivity contribution in [1.82, 2.24) is 5.32 Å². The fraction of sp³-hybridized carbons (Fsp3) is 0.409. The van der Waals surface area contributed by atoms with Crippen molar-refractivity contribution in [2.45, 2.75) is 37.8 Å². The third-order valence-corrected chi connectivity index (χ3v) is 5.33. The summed E-state index contributed by atoms with van der Waals surface area (Å²) >= 11 is 0. The number of amides is 1. The largest absolute Gasteiger partial charge is 0.497 e. The lowest BCUT2D eigenvalue weighted by molar-refractivity contribution is -0.122. The number of carbonyl (C=O) groups is 1. The Morgan fingerprint density at radius 2 is 1.64 bits per heavy atom. The molecule has 5 nitrogen and oxygen atoms in total. The van der Waals surface area contributed by atoms with Crippen molar-refractivity contribution < 1.29 is 14.3 Å². The Balaban J connectivity index is 0.00000280. The summed E-state index contributed by atoms with van der Waals surface area (Å²) in [6.07, 6.45) is 3.60. The maximum atomic E-state index is 12.8. The Kier molecular flexibility index (Phi) is 8.15. The fourth-order valence-corrected chi connectivity index (χ4v) is 3.78. The number of nitrogens with one attached hydrogen (secondary N) is 1. The highest BCUT2D eigenvalue weighted by atomic mass is 35.5. The van der Waals surface area contributed by atoms with E-state index in [2.05, 4.69) is 5.32 Å². The van der Waals surface area contributed by atoms with Gasteiger partial charge < -0.3 is 20.5 Å². The lowest BCUT2D eigenvalue weighted by Gasteiger charge is -2.23. The minimum absolute atomic E-state index is 0. The quantitative estimate of drug-likeness (QED) is 0.735. The van der Waals surface area contributed by atoms with Crippen LogP contribution < -0.4 is 20.5 Å². The van der Waals surface area contributed by atoms with Crippen LogP contribution in [0.2, 0.25) is 0 Å². The molecule has 6 heteroatoms. The monoisotopic (exact) mass is 404 g/mol. The molecule has 0 saturated heterocycles. The van der Waals surface area contributed by atoms with Gasteiger partial charge in [0.05, 0.1) is 20.3 Å². The van der Waals surface area contributed by atoms with Crippen molar-refractivity contribution >= 4 is 18.3 Å². The Bertz CT molecular complexity index is 736. The molecule has 152 valence electrons. The molecule has 28 heavy (non-hydrogen) atoms. The van der Waals surface area contributed by atoms with Crippen molar-refractivity contribution in [3.63, 3.8) is 0 Å². The fourth-order valence-electron chi connectivity index (χ4n) is 3.78. The number of carbonyl (C=O) groups excluding carboxylic acids is 1. The van der Waals surface area contributed by atoms with Gasteiger partial charge in [0, 0.05) is 12.5 Å². The summed E-state index contributed by atoms with van der Waals surface area (Å²) in [5.74, 6) is 1.80. The predicted molar refractivity (Wildman–Crippen MR) is 113 cm³/mol. The molecule has 0 spiro atoms. The van der Waals surface area contributed by atoms with Crippen LogP contribution in [-0.2, 0) is 4.79 Å². The third-order valence-electron chi connectivity index (χ3n) is 5.33. The van der Waals surface area contributed by atoms with Crippen LogP contribution in [0, 0.1) is 5.92 Å². The first kappa shape index (κ1) is 22.1.